The number of sulfonamides is 1. The lowest BCUT2D eigenvalue weighted by atomic mass is 9.90. The summed E-state index contributed by atoms with van der Waals surface area (Å²) in [6, 6.07) is 11.0. The van der Waals surface area contributed by atoms with E-state index in [1.165, 1.54) is 24.3 Å². The summed E-state index contributed by atoms with van der Waals surface area (Å²) in [7, 11) is -4.09. The Morgan fingerprint density at radius 2 is 1.93 bits per heavy atom. The maximum atomic E-state index is 15.2. The standard InChI is InChI=1S/C20H16BrF2N3O3S/c21-11-8-13-14(10-25-20(13)24-9-11)19(27)17-15(22)6-7-16(18(17)23)26-30(28,29)12-4-2-1-3-5-12/h1-9,14,19,26-27H,10H2,(H,24,25). The number of nitrogens with one attached hydrogen (secondary N) is 2. The molecule has 2 heterocycles. The van der Waals surface area contributed by atoms with E-state index in [1.54, 1.807) is 18.3 Å². The Labute approximate surface area is 180 Å². The Kier molecular flexibility index (Phi) is 5.48. The second-order valence-corrected chi connectivity index (χ2v) is 9.36. The van der Waals surface area contributed by atoms with Crippen molar-refractivity contribution < 1.29 is 22.3 Å². The molecule has 10 heteroatoms. The van der Waals surface area contributed by atoms with Crippen LogP contribution < -0.4 is 10.0 Å². The Balaban J connectivity index is 1.70. The second kappa shape index (κ2) is 7.93. The first-order chi connectivity index (χ1) is 14.3. The van der Waals surface area contributed by atoms with Gasteiger partial charge in [-0.05, 0) is 46.3 Å². The zero-order valence-corrected chi connectivity index (χ0v) is 17.7. The highest BCUT2D eigenvalue weighted by Gasteiger charge is 2.35. The van der Waals surface area contributed by atoms with Gasteiger partial charge in [-0.1, -0.05) is 18.2 Å². The predicted molar refractivity (Wildman–Crippen MR) is 112 cm³/mol. The Morgan fingerprint density at radius 1 is 1.20 bits per heavy atom. The van der Waals surface area contributed by atoms with Crippen LogP contribution in [-0.2, 0) is 10.0 Å². The highest BCUT2D eigenvalue weighted by molar-refractivity contribution is 9.10. The van der Waals surface area contributed by atoms with Gasteiger partial charge in [0, 0.05) is 28.7 Å². The number of aromatic nitrogens is 1. The van der Waals surface area contributed by atoms with E-state index in [2.05, 4.69) is 31.0 Å². The van der Waals surface area contributed by atoms with Crippen molar-refractivity contribution in [3.63, 3.8) is 0 Å². The molecule has 0 saturated heterocycles. The average molecular weight is 496 g/mol. The van der Waals surface area contributed by atoms with E-state index in [0.717, 1.165) is 12.1 Å². The number of aliphatic hydroxyl groups excluding tert-OH is 1. The van der Waals surface area contributed by atoms with Crippen LogP contribution in [0.3, 0.4) is 0 Å². The fourth-order valence-electron chi connectivity index (χ4n) is 3.41. The van der Waals surface area contributed by atoms with Gasteiger partial charge in [0.1, 0.15) is 11.6 Å². The topological polar surface area (TPSA) is 91.3 Å². The molecule has 2 aromatic carbocycles. The van der Waals surface area contributed by atoms with E-state index in [-0.39, 0.29) is 11.4 Å². The van der Waals surface area contributed by atoms with Crippen LogP contribution in [0.2, 0.25) is 0 Å². The van der Waals surface area contributed by atoms with Crippen molar-refractivity contribution in [2.24, 2.45) is 0 Å². The van der Waals surface area contributed by atoms with Crippen molar-refractivity contribution in [1.29, 1.82) is 0 Å². The van der Waals surface area contributed by atoms with Crippen molar-refractivity contribution >= 4 is 37.5 Å². The van der Waals surface area contributed by atoms with Crippen LogP contribution in [0.15, 0.2) is 64.1 Å². The third-order valence-corrected chi connectivity index (χ3v) is 6.69. The predicted octanol–water partition coefficient (Wildman–Crippen LogP) is 4.17. The lowest BCUT2D eigenvalue weighted by Crippen LogP contribution is -2.19. The van der Waals surface area contributed by atoms with Gasteiger partial charge in [-0.2, -0.15) is 0 Å². The number of pyridine rings is 1. The summed E-state index contributed by atoms with van der Waals surface area (Å²) in [5.74, 6) is -2.29. The third kappa shape index (κ3) is 3.78. The molecule has 30 heavy (non-hydrogen) atoms. The SMILES string of the molecule is O=S(=O)(Nc1ccc(F)c(C(O)C2CNc3ncc(Br)cc32)c1F)c1ccccc1. The minimum atomic E-state index is -4.09. The summed E-state index contributed by atoms with van der Waals surface area (Å²) in [4.78, 5) is 4.11. The molecule has 0 amide bonds. The first-order valence-electron chi connectivity index (χ1n) is 8.91. The van der Waals surface area contributed by atoms with Crippen molar-refractivity contribution in [2.45, 2.75) is 16.9 Å². The molecule has 3 N–H and O–H groups in total. The summed E-state index contributed by atoms with van der Waals surface area (Å²) >= 11 is 3.30. The van der Waals surface area contributed by atoms with Gasteiger partial charge in [-0.25, -0.2) is 22.2 Å². The molecule has 0 radical (unpaired) electrons. The number of benzene rings is 2. The van der Waals surface area contributed by atoms with E-state index in [1.807, 2.05) is 0 Å². The Morgan fingerprint density at radius 3 is 2.67 bits per heavy atom. The number of hydrogen-bond acceptors (Lipinski definition) is 5. The molecule has 2 unspecified atom stereocenters. The summed E-state index contributed by atoms with van der Waals surface area (Å²) < 4.78 is 57.5. The average Bonchev–Trinajstić information content (AvgIpc) is 3.14. The molecule has 1 aliphatic heterocycles. The van der Waals surface area contributed by atoms with Gasteiger partial charge in [0.05, 0.1) is 22.3 Å². The number of hydrogen-bond donors (Lipinski definition) is 3. The largest absolute Gasteiger partial charge is 0.387 e. The lowest BCUT2D eigenvalue weighted by Gasteiger charge is -2.21. The summed E-state index contributed by atoms with van der Waals surface area (Å²) in [6.45, 7) is 0.221. The zero-order chi connectivity index (χ0) is 21.5. The number of halogens is 3. The molecule has 4 rings (SSSR count). The first kappa shape index (κ1) is 20.7. The fraction of sp³-hybridized carbons (Fsp3) is 0.150. The van der Waals surface area contributed by atoms with Gasteiger partial charge in [-0.3, -0.25) is 4.72 Å². The number of nitrogens with zero attached hydrogens (tertiary/aromatic N) is 1. The van der Waals surface area contributed by atoms with Crippen LogP contribution in [0.25, 0.3) is 0 Å². The molecule has 1 aliphatic rings. The molecule has 3 aromatic rings. The van der Waals surface area contributed by atoms with Crippen LogP contribution in [-0.4, -0.2) is 25.1 Å². The molecule has 6 nitrogen and oxygen atoms in total. The van der Waals surface area contributed by atoms with Crippen molar-refractivity contribution in [2.75, 3.05) is 16.6 Å². The van der Waals surface area contributed by atoms with Crippen LogP contribution in [0.5, 0.6) is 0 Å². The number of fused-ring (bicyclic) bond motifs is 1. The first-order valence-corrected chi connectivity index (χ1v) is 11.2. The second-order valence-electron chi connectivity index (χ2n) is 6.76. The molecule has 156 valence electrons. The summed E-state index contributed by atoms with van der Waals surface area (Å²) in [5.41, 5.74) is -0.457. The van der Waals surface area contributed by atoms with E-state index < -0.39 is 44.9 Å². The van der Waals surface area contributed by atoms with E-state index in [0.29, 0.717) is 15.9 Å². The smallest absolute Gasteiger partial charge is 0.261 e. The van der Waals surface area contributed by atoms with E-state index in [9.17, 15) is 17.9 Å². The van der Waals surface area contributed by atoms with Crippen molar-refractivity contribution in [1.82, 2.24) is 4.98 Å². The van der Waals surface area contributed by atoms with Crippen LogP contribution in [0.4, 0.5) is 20.3 Å². The van der Waals surface area contributed by atoms with Crippen LogP contribution >= 0.6 is 15.9 Å². The molecule has 2 atom stereocenters. The van der Waals surface area contributed by atoms with Crippen molar-refractivity contribution in [3.8, 4) is 0 Å². The van der Waals surface area contributed by atoms with Gasteiger partial charge in [0.25, 0.3) is 10.0 Å². The zero-order valence-electron chi connectivity index (χ0n) is 15.3. The Bertz CT molecular complexity index is 1210. The molecule has 0 fully saturated rings. The molecule has 0 spiro atoms. The number of aliphatic hydroxyl groups is 1. The van der Waals surface area contributed by atoms with Gasteiger partial charge < -0.3 is 10.4 Å². The van der Waals surface area contributed by atoms with Crippen LogP contribution in [0.1, 0.15) is 23.1 Å². The minimum absolute atomic E-state index is 0.0688. The number of rotatable bonds is 5. The third-order valence-electron chi connectivity index (χ3n) is 4.87. The molecular formula is C20H16BrF2N3O3S. The molecule has 0 bridgehead atoms. The summed E-state index contributed by atoms with van der Waals surface area (Å²) in [5, 5.41) is 13.8. The maximum absolute atomic E-state index is 15.2. The molecule has 0 saturated carbocycles. The summed E-state index contributed by atoms with van der Waals surface area (Å²) in [6.07, 6.45) is 0.0110. The van der Waals surface area contributed by atoms with Gasteiger partial charge in [0.15, 0.2) is 5.82 Å². The highest BCUT2D eigenvalue weighted by Crippen LogP contribution is 2.42. The van der Waals surface area contributed by atoms with Crippen LogP contribution in [0, 0.1) is 11.6 Å². The van der Waals surface area contributed by atoms with E-state index >= 15 is 4.39 Å². The maximum Gasteiger partial charge on any atom is 0.261 e. The Hall–Kier alpha value is -2.56. The monoisotopic (exact) mass is 495 g/mol. The van der Waals surface area contributed by atoms with Gasteiger partial charge >= 0.3 is 0 Å². The molecule has 0 aliphatic carbocycles. The van der Waals surface area contributed by atoms with E-state index in [4.69, 9.17) is 0 Å². The fourth-order valence-corrected chi connectivity index (χ4v) is 4.84. The van der Waals surface area contributed by atoms with Crippen molar-refractivity contribution in [3.05, 3.63) is 82.0 Å². The molecule has 1 aromatic heterocycles. The quantitative estimate of drug-likeness (QED) is 0.494. The van der Waals surface area contributed by atoms with Gasteiger partial charge in [-0.15, -0.1) is 0 Å². The molecular weight excluding hydrogens is 480 g/mol. The lowest BCUT2D eigenvalue weighted by molar-refractivity contribution is 0.143. The minimum Gasteiger partial charge on any atom is -0.387 e. The number of anilines is 2. The van der Waals surface area contributed by atoms with Gasteiger partial charge in [0.2, 0.25) is 0 Å². The normalized spacial score (nSPS) is 16.6. The highest BCUT2D eigenvalue weighted by atomic mass is 79.9.